The number of aryl methyl sites for hydroxylation is 1. The molecule has 0 aromatic heterocycles. The van der Waals surface area contributed by atoms with E-state index in [4.69, 9.17) is 10.5 Å². The second-order valence-corrected chi connectivity index (χ2v) is 5.44. The van der Waals surface area contributed by atoms with E-state index in [1.807, 2.05) is 12.1 Å². The molecule has 1 aromatic carbocycles. The van der Waals surface area contributed by atoms with Crippen molar-refractivity contribution < 1.29 is 4.74 Å². The highest BCUT2D eigenvalue weighted by atomic mass is 16.5. The van der Waals surface area contributed by atoms with Gasteiger partial charge in [-0.3, -0.25) is 0 Å². The lowest BCUT2D eigenvalue weighted by Crippen LogP contribution is -2.25. The van der Waals surface area contributed by atoms with Crippen molar-refractivity contribution in [1.29, 1.82) is 0 Å². The third kappa shape index (κ3) is 4.71. The molecule has 19 heavy (non-hydrogen) atoms. The van der Waals surface area contributed by atoms with Crippen molar-refractivity contribution in [3.63, 3.8) is 0 Å². The Hall–Kier alpha value is -1.28. The molecule has 1 aromatic rings. The Balaban J connectivity index is 1.77. The topological polar surface area (TPSA) is 35.2 Å². The van der Waals surface area contributed by atoms with Crippen LogP contribution in [0.4, 0.5) is 0 Å². The molecule has 0 radical (unpaired) electrons. The third-order valence-electron chi connectivity index (χ3n) is 3.74. The first-order valence-corrected chi connectivity index (χ1v) is 7.39. The summed E-state index contributed by atoms with van der Waals surface area (Å²) >= 11 is 0. The molecule has 1 unspecified atom stereocenters. The third-order valence-corrected chi connectivity index (χ3v) is 3.74. The van der Waals surface area contributed by atoms with Crippen LogP contribution in [0.5, 0.6) is 5.75 Å². The van der Waals surface area contributed by atoms with E-state index in [9.17, 15) is 0 Å². The monoisotopic (exact) mass is 259 g/mol. The van der Waals surface area contributed by atoms with Crippen LogP contribution < -0.4 is 10.5 Å². The van der Waals surface area contributed by atoms with E-state index in [-0.39, 0.29) is 6.04 Å². The minimum atomic E-state index is 0.169. The smallest absolute Gasteiger partial charge is 0.119 e. The van der Waals surface area contributed by atoms with Crippen LogP contribution in [0.25, 0.3) is 0 Å². The summed E-state index contributed by atoms with van der Waals surface area (Å²) in [5.41, 5.74) is 8.93. The standard InChI is InChI=1S/C17H25NO/c1-14-7-6-10-16(13-14)19-12-11-17(18)15-8-4-2-3-5-9-15/h6-8,10,13,17H,2-5,9,11-12,18H2,1H3. The van der Waals surface area contributed by atoms with Gasteiger partial charge in [-0.1, -0.05) is 30.2 Å². The van der Waals surface area contributed by atoms with Crippen LogP contribution in [0, 0.1) is 6.92 Å². The normalized spacial score (nSPS) is 17.5. The summed E-state index contributed by atoms with van der Waals surface area (Å²) in [6.45, 7) is 2.77. The number of allylic oxidation sites excluding steroid dienone is 1. The van der Waals surface area contributed by atoms with Crippen LogP contribution in [-0.2, 0) is 0 Å². The highest BCUT2D eigenvalue weighted by Crippen LogP contribution is 2.20. The minimum absolute atomic E-state index is 0.169. The quantitative estimate of drug-likeness (QED) is 0.812. The lowest BCUT2D eigenvalue weighted by Gasteiger charge is -2.16. The second-order valence-electron chi connectivity index (χ2n) is 5.44. The average molecular weight is 259 g/mol. The molecule has 0 heterocycles. The van der Waals surface area contributed by atoms with Gasteiger partial charge >= 0.3 is 0 Å². The van der Waals surface area contributed by atoms with Gasteiger partial charge in [-0.15, -0.1) is 0 Å². The molecule has 2 nitrogen and oxygen atoms in total. The maximum atomic E-state index is 6.26. The van der Waals surface area contributed by atoms with Gasteiger partial charge in [-0.2, -0.15) is 0 Å². The van der Waals surface area contributed by atoms with Crippen LogP contribution in [-0.4, -0.2) is 12.6 Å². The van der Waals surface area contributed by atoms with E-state index >= 15 is 0 Å². The van der Waals surface area contributed by atoms with Gasteiger partial charge in [0.15, 0.2) is 0 Å². The molecule has 1 aliphatic rings. The molecule has 104 valence electrons. The van der Waals surface area contributed by atoms with Crippen molar-refractivity contribution in [3.8, 4) is 5.75 Å². The van der Waals surface area contributed by atoms with Crippen molar-refractivity contribution >= 4 is 0 Å². The van der Waals surface area contributed by atoms with E-state index in [2.05, 4.69) is 25.1 Å². The highest BCUT2D eigenvalue weighted by Gasteiger charge is 2.11. The van der Waals surface area contributed by atoms with Gasteiger partial charge in [0.25, 0.3) is 0 Å². The summed E-state index contributed by atoms with van der Waals surface area (Å²) < 4.78 is 5.77. The lowest BCUT2D eigenvalue weighted by atomic mass is 10.0. The molecule has 1 atom stereocenters. The van der Waals surface area contributed by atoms with E-state index < -0.39 is 0 Å². The minimum Gasteiger partial charge on any atom is -0.494 e. The largest absolute Gasteiger partial charge is 0.494 e. The Morgan fingerprint density at radius 2 is 2.16 bits per heavy atom. The van der Waals surface area contributed by atoms with Crippen molar-refractivity contribution in [1.82, 2.24) is 0 Å². The number of hydrogen-bond donors (Lipinski definition) is 1. The van der Waals surface area contributed by atoms with Gasteiger partial charge < -0.3 is 10.5 Å². The van der Waals surface area contributed by atoms with Crippen LogP contribution >= 0.6 is 0 Å². The Morgan fingerprint density at radius 1 is 1.26 bits per heavy atom. The van der Waals surface area contributed by atoms with Gasteiger partial charge in [0.2, 0.25) is 0 Å². The molecule has 0 spiro atoms. The molecule has 2 rings (SSSR count). The maximum Gasteiger partial charge on any atom is 0.119 e. The van der Waals surface area contributed by atoms with Gasteiger partial charge in [0, 0.05) is 12.5 Å². The fourth-order valence-corrected chi connectivity index (χ4v) is 2.57. The Labute approximate surface area is 116 Å². The summed E-state index contributed by atoms with van der Waals surface area (Å²) in [4.78, 5) is 0. The van der Waals surface area contributed by atoms with Gasteiger partial charge in [-0.05, 0) is 50.3 Å². The second kappa shape index (κ2) is 7.34. The number of rotatable bonds is 5. The summed E-state index contributed by atoms with van der Waals surface area (Å²) in [5.74, 6) is 0.946. The van der Waals surface area contributed by atoms with Crippen LogP contribution in [0.3, 0.4) is 0 Å². The average Bonchev–Trinajstić information content (AvgIpc) is 2.67. The Bertz CT molecular complexity index is 425. The van der Waals surface area contributed by atoms with Crippen molar-refractivity contribution in [2.75, 3.05) is 6.61 Å². The summed E-state index contributed by atoms with van der Waals surface area (Å²) in [6.07, 6.45) is 9.57. The summed E-state index contributed by atoms with van der Waals surface area (Å²) in [6, 6.07) is 8.34. The van der Waals surface area contributed by atoms with Crippen molar-refractivity contribution in [2.45, 2.75) is 51.5 Å². The van der Waals surface area contributed by atoms with E-state index in [1.54, 1.807) is 0 Å². The number of hydrogen-bond acceptors (Lipinski definition) is 2. The maximum absolute atomic E-state index is 6.26. The van der Waals surface area contributed by atoms with Crippen LogP contribution in [0.1, 0.15) is 44.1 Å². The van der Waals surface area contributed by atoms with Crippen molar-refractivity contribution in [3.05, 3.63) is 41.5 Å². The number of ether oxygens (including phenoxy) is 1. The van der Waals surface area contributed by atoms with Crippen molar-refractivity contribution in [2.24, 2.45) is 5.73 Å². The molecule has 0 fully saturated rings. The molecule has 0 saturated carbocycles. The highest BCUT2D eigenvalue weighted by molar-refractivity contribution is 5.27. The molecule has 0 saturated heterocycles. The fraction of sp³-hybridized carbons (Fsp3) is 0.529. The lowest BCUT2D eigenvalue weighted by molar-refractivity contribution is 0.302. The number of nitrogens with two attached hydrogens (primary N) is 1. The first kappa shape index (κ1) is 14.1. The van der Waals surface area contributed by atoms with Crippen LogP contribution in [0.2, 0.25) is 0 Å². The first-order chi connectivity index (χ1) is 9.25. The van der Waals surface area contributed by atoms with Gasteiger partial charge in [-0.25, -0.2) is 0 Å². The number of benzene rings is 1. The Kier molecular flexibility index (Phi) is 5.46. The Morgan fingerprint density at radius 3 is 3.00 bits per heavy atom. The zero-order valence-corrected chi connectivity index (χ0v) is 11.9. The molecular formula is C17H25NO. The van der Waals surface area contributed by atoms with Gasteiger partial charge in [0.1, 0.15) is 5.75 Å². The summed E-state index contributed by atoms with van der Waals surface area (Å²) in [5, 5.41) is 0. The SMILES string of the molecule is Cc1cccc(OCCC(N)C2=CCCCCC2)c1. The zero-order chi connectivity index (χ0) is 13.5. The molecular weight excluding hydrogens is 234 g/mol. The molecule has 1 aliphatic carbocycles. The molecule has 0 bridgehead atoms. The van der Waals surface area contributed by atoms with Crippen LogP contribution in [0.15, 0.2) is 35.9 Å². The predicted octanol–water partition coefficient (Wildman–Crippen LogP) is 3.98. The summed E-state index contributed by atoms with van der Waals surface area (Å²) in [7, 11) is 0. The first-order valence-electron chi connectivity index (χ1n) is 7.39. The van der Waals surface area contributed by atoms with E-state index in [0.717, 1.165) is 12.2 Å². The van der Waals surface area contributed by atoms with E-state index in [1.165, 1.54) is 43.2 Å². The predicted molar refractivity (Wildman–Crippen MR) is 80.4 cm³/mol. The van der Waals surface area contributed by atoms with E-state index in [0.29, 0.717) is 6.61 Å². The molecule has 2 heteroatoms. The molecule has 2 N–H and O–H groups in total. The zero-order valence-electron chi connectivity index (χ0n) is 11.9. The van der Waals surface area contributed by atoms with Gasteiger partial charge in [0.05, 0.1) is 6.61 Å². The molecule has 0 amide bonds. The molecule has 0 aliphatic heterocycles. The fourth-order valence-electron chi connectivity index (χ4n) is 2.57.